The number of carbonyl (C=O) groups is 1. The van der Waals surface area contributed by atoms with E-state index in [9.17, 15) is 4.79 Å². The van der Waals surface area contributed by atoms with Gasteiger partial charge in [-0.25, -0.2) is 0 Å². The Hall–Kier alpha value is -0.670. The smallest absolute Gasteiger partial charge is 0.142 e. The Balaban J connectivity index is 3.66. The summed E-state index contributed by atoms with van der Waals surface area (Å²) in [5, 5.41) is 12.0. The average molecular weight is 171 g/mol. The van der Waals surface area contributed by atoms with Crippen LogP contribution in [0.5, 0.6) is 0 Å². The third-order valence-electron chi connectivity index (χ3n) is 1.60. The van der Waals surface area contributed by atoms with E-state index < -0.39 is 6.23 Å². The number of aliphatic hydroxyl groups excluding tert-OH is 1. The molecule has 0 aliphatic rings. The number of rotatable bonds is 6. The summed E-state index contributed by atoms with van der Waals surface area (Å²) in [5.41, 5.74) is 0. The van der Waals surface area contributed by atoms with Gasteiger partial charge in [0.1, 0.15) is 12.5 Å². The predicted molar refractivity (Wildman–Crippen MR) is 48.7 cm³/mol. The van der Waals surface area contributed by atoms with Crippen LogP contribution in [0.15, 0.2) is 12.2 Å². The van der Waals surface area contributed by atoms with Gasteiger partial charge in [0.25, 0.3) is 0 Å². The predicted octanol–water partition coefficient (Wildman–Crippen LogP) is 0.838. The van der Waals surface area contributed by atoms with Crippen LogP contribution in [0.2, 0.25) is 0 Å². The second-order valence-electron chi connectivity index (χ2n) is 2.75. The van der Waals surface area contributed by atoms with E-state index in [0.717, 1.165) is 19.1 Å². The van der Waals surface area contributed by atoms with Crippen LogP contribution in [0.4, 0.5) is 0 Å². The van der Waals surface area contributed by atoms with E-state index in [1.165, 1.54) is 6.08 Å². The Bertz CT molecular complexity index is 143. The summed E-state index contributed by atoms with van der Waals surface area (Å²) >= 11 is 0. The first-order valence-electron chi connectivity index (χ1n) is 4.25. The maximum absolute atomic E-state index is 9.94. The highest BCUT2D eigenvalue weighted by molar-refractivity contribution is 5.64. The Morgan fingerprint density at radius 3 is 2.67 bits per heavy atom. The summed E-state index contributed by atoms with van der Waals surface area (Å²) < 4.78 is 0. The normalized spacial score (nSPS) is 16.2. The molecular weight excluding hydrogens is 154 g/mol. The van der Waals surface area contributed by atoms with E-state index in [1.807, 2.05) is 6.92 Å². The van der Waals surface area contributed by atoms with Crippen LogP contribution < -0.4 is 5.32 Å². The number of carbonyl (C=O) groups excluding carboxylic acids is 1. The van der Waals surface area contributed by atoms with Gasteiger partial charge >= 0.3 is 0 Å². The number of aldehydes is 1. The van der Waals surface area contributed by atoms with Gasteiger partial charge in [0.2, 0.25) is 0 Å². The van der Waals surface area contributed by atoms with Gasteiger partial charge in [-0.2, -0.15) is 0 Å². The van der Waals surface area contributed by atoms with E-state index in [1.54, 1.807) is 13.0 Å². The molecule has 0 heterocycles. The van der Waals surface area contributed by atoms with Crippen molar-refractivity contribution in [3.8, 4) is 0 Å². The zero-order valence-electron chi connectivity index (χ0n) is 7.66. The summed E-state index contributed by atoms with van der Waals surface area (Å²) in [4.78, 5) is 9.94. The lowest BCUT2D eigenvalue weighted by atomic mass is 10.1. The molecule has 0 fully saturated rings. The highest BCUT2D eigenvalue weighted by atomic mass is 16.3. The fraction of sp³-hybridized carbons (Fsp3) is 0.667. The van der Waals surface area contributed by atoms with Crippen molar-refractivity contribution in [1.82, 2.24) is 5.32 Å². The molecule has 0 spiro atoms. The van der Waals surface area contributed by atoms with Crippen molar-refractivity contribution in [3.05, 3.63) is 12.2 Å². The molecule has 0 aliphatic carbocycles. The second kappa shape index (κ2) is 7.00. The van der Waals surface area contributed by atoms with Gasteiger partial charge in [-0.15, -0.1) is 0 Å². The minimum atomic E-state index is -0.486. The summed E-state index contributed by atoms with van der Waals surface area (Å²) in [7, 11) is 0. The molecule has 0 amide bonds. The van der Waals surface area contributed by atoms with Crippen molar-refractivity contribution in [2.45, 2.75) is 39.0 Å². The lowest BCUT2D eigenvalue weighted by Gasteiger charge is -2.16. The lowest BCUT2D eigenvalue weighted by molar-refractivity contribution is -0.104. The van der Waals surface area contributed by atoms with E-state index in [4.69, 9.17) is 5.11 Å². The maximum Gasteiger partial charge on any atom is 0.142 e. The molecule has 0 saturated heterocycles. The number of aliphatic hydroxyl groups is 1. The molecule has 0 saturated carbocycles. The third kappa shape index (κ3) is 6.07. The van der Waals surface area contributed by atoms with Crippen LogP contribution in [0.25, 0.3) is 0 Å². The fourth-order valence-corrected chi connectivity index (χ4v) is 0.992. The Labute approximate surface area is 73.5 Å². The van der Waals surface area contributed by atoms with E-state index in [-0.39, 0.29) is 6.04 Å². The highest BCUT2D eigenvalue weighted by Gasteiger charge is 2.04. The minimum absolute atomic E-state index is 0.251. The molecule has 2 unspecified atom stereocenters. The molecule has 3 nitrogen and oxygen atoms in total. The van der Waals surface area contributed by atoms with Gasteiger partial charge in [0.15, 0.2) is 0 Å². The number of hydrogen-bond donors (Lipinski definition) is 2. The topological polar surface area (TPSA) is 49.3 Å². The summed E-state index contributed by atoms with van der Waals surface area (Å²) in [6.45, 7) is 3.72. The molecular formula is C9H17NO2. The molecule has 0 aromatic carbocycles. The standard InChI is InChI=1S/C9H17NO2/c1-3-9(10-8(2)12)6-4-5-7-11/h4-5,7-10,12H,3,6H2,1-2H3/b5-4+. The van der Waals surface area contributed by atoms with Crippen LogP contribution in [0, 0.1) is 0 Å². The second-order valence-corrected chi connectivity index (χ2v) is 2.75. The van der Waals surface area contributed by atoms with Crippen molar-refractivity contribution in [3.63, 3.8) is 0 Å². The quantitative estimate of drug-likeness (QED) is 0.353. The number of allylic oxidation sites excluding steroid dienone is 1. The van der Waals surface area contributed by atoms with Gasteiger partial charge in [0.05, 0.1) is 0 Å². The Morgan fingerprint density at radius 2 is 2.25 bits per heavy atom. The first-order valence-corrected chi connectivity index (χ1v) is 4.25. The largest absolute Gasteiger partial charge is 0.379 e. The van der Waals surface area contributed by atoms with Crippen molar-refractivity contribution >= 4 is 6.29 Å². The van der Waals surface area contributed by atoms with Crippen LogP contribution in [-0.2, 0) is 4.79 Å². The Kier molecular flexibility index (Phi) is 6.61. The molecule has 2 N–H and O–H groups in total. The zero-order chi connectivity index (χ0) is 9.40. The molecule has 0 bridgehead atoms. The van der Waals surface area contributed by atoms with Gasteiger partial charge in [-0.05, 0) is 25.8 Å². The highest BCUT2D eigenvalue weighted by Crippen LogP contribution is 1.99. The van der Waals surface area contributed by atoms with Crippen LogP contribution in [0.1, 0.15) is 26.7 Å². The first-order chi connectivity index (χ1) is 5.70. The molecule has 0 aromatic rings. The lowest BCUT2D eigenvalue weighted by Crippen LogP contribution is -2.35. The maximum atomic E-state index is 9.94. The van der Waals surface area contributed by atoms with Crippen molar-refractivity contribution < 1.29 is 9.90 Å². The summed E-state index contributed by atoms with van der Waals surface area (Å²) in [6.07, 6.45) is 5.27. The molecule has 0 aromatic heterocycles. The van der Waals surface area contributed by atoms with Gasteiger partial charge in [-0.3, -0.25) is 10.1 Å². The van der Waals surface area contributed by atoms with Crippen LogP contribution in [-0.4, -0.2) is 23.7 Å². The van der Waals surface area contributed by atoms with Gasteiger partial charge in [0, 0.05) is 6.04 Å². The number of nitrogens with one attached hydrogen (secondary N) is 1. The van der Waals surface area contributed by atoms with E-state index >= 15 is 0 Å². The van der Waals surface area contributed by atoms with Crippen LogP contribution >= 0.6 is 0 Å². The number of hydrogen-bond acceptors (Lipinski definition) is 3. The van der Waals surface area contributed by atoms with Crippen molar-refractivity contribution in [2.24, 2.45) is 0 Å². The SMILES string of the molecule is CCC(C/C=C/C=O)NC(C)O. The molecule has 3 heteroatoms. The Morgan fingerprint density at radius 1 is 1.58 bits per heavy atom. The minimum Gasteiger partial charge on any atom is -0.379 e. The van der Waals surface area contributed by atoms with Crippen molar-refractivity contribution in [1.29, 1.82) is 0 Å². The fourth-order valence-electron chi connectivity index (χ4n) is 0.992. The van der Waals surface area contributed by atoms with E-state index in [0.29, 0.717) is 0 Å². The summed E-state index contributed by atoms with van der Waals surface area (Å²) in [6, 6.07) is 0.251. The van der Waals surface area contributed by atoms with E-state index in [2.05, 4.69) is 5.32 Å². The summed E-state index contributed by atoms with van der Waals surface area (Å²) in [5.74, 6) is 0. The molecule has 12 heavy (non-hydrogen) atoms. The molecule has 70 valence electrons. The monoisotopic (exact) mass is 171 g/mol. The molecule has 0 radical (unpaired) electrons. The third-order valence-corrected chi connectivity index (χ3v) is 1.60. The zero-order valence-corrected chi connectivity index (χ0v) is 7.66. The first kappa shape index (κ1) is 11.3. The van der Waals surface area contributed by atoms with Gasteiger partial charge in [-0.1, -0.05) is 13.0 Å². The molecule has 2 atom stereocenters. The van der Waals surface area contributed by atoms with Crippen molar-refractivity contribution in [2.75, 3.05) is 0 Å². The molecule has 0 rings (SSSR count). The van der Waals surface area contributed by atoms with Crippen LogP contribution in [0.3, 0.4) is 0 Å². The average Bonchev–Trinajstić information content (AvgIpc) is 2.02. The molecule has 0 aliphatic heterocycles. The van der Waals surface area contributed by atoms with Gasteiger partial charge < -0.3 is 5.11 Å².